The molecule has 1 unspecified atom stereocenters. The van der Waals surface area contributed by atoms with Crippen molar-refractivity contribution in [2.75, 3.05) is 6.61 Å². The highest BCUT2D eigenvalue weighted by atomic mass is 19.1. The molecule has 0 aliphatic rings. The lowest BCUT2D eigenvalue weighted by Gasteiger charge is -2.15. The molecule has 0 spiro atoms. The van der Waals surface area contributed by atoms with Crippen molar-refractivity contribution in [3.8, 4) is 5.75 Å². The summed E-state index contributed by atoms with van der Waals surface area (Å²) >= 11 is 0. The first-order valence-corrected chi connectivity index (χ1v) is 5.33. The van der Waals surface area contributed by atoms with Gasteiger partial charge in [0.05, 0.1) is 12.2 Å². The molecular formula is C12H17FO3. The van der Waals surface area contributed by atoms with E-state index in [0.717, 1.165) is 0 Å². The van der Waals surface area contributed by atoms with Crippen molar-refractivity contribution in [3.05, 3.63) is 29.6 Å². The molecule has 0 saturated heterocycles. The first kappa shape index (κ1) is 12.9. The summed E-state index contributed by atoms with van der Waals surface area (Å²) in [6.45, 7) is 3.51. The van der Waals surface area contributed by atoms with Crippen molar-refractivity contribution in [2.45, 2.75) is 32.5 Å². The van der Waals surface area contributed by atoms with Gasteiger partial charge in [0.1, 0.15) is 18.2 Å². The Kier molecular flexibility index (Phi) is 4.71. The molecule has 16 heavy (non-hydrogen) atoms. The van der Waals surface area contributed by atoms with Crippen LogP contribution in [0.25, 0.3) is 0 Å². The van der Waals surface area contributed by atoms with Gasteiger partial charge < -0.3 is 14.9 Å². The number of rotatable bonds is 5. The van der Waals surface area contributed by atoms with E-state index in [1.54, 1.807) is 6.92 Å². The normalized spacial score (nSPS) is 14.6. The highest BCUT2D eigenvalue weighted by Crippen LogP contribution is 2.26. The van der Waals surface area contributed by atoms with Crippen LogP contribution in [-0.2, 0) is 0 Å². The molecule has 90 valence electrons. The van der Waals surface area contributed by atoms with Gasteiger partial charge in [-0.15, -0.1) is 0 Å². The molecular weight excluding hydrogens is 211 g/mol. The van der Waals surface area contributed by atoms with Crippen molar-refractivity contribution >= 4 is 0 Å². The third-order valence-corrected chi connectivity index (χ3v) is 2.33. The van der Waals surface area contributed by atoms with Gasteiger partial charge in [0.2, 0.25) is 0 Å². The van der Waals surface area contributed by atoms with E-state index in [1.165, 1.54) is 18.2 Å². The third kappa shape index (κ3) is 3.47. The second-order valence-corrected chi connectivity index (χ2v) is 3.73. The largest absolute Gasteiger partial charge is 0.490 e. The predicted molar refractivity (Wildman–Crippen MR) is 58.8 cm³/mol. The molecule has 0 bridgehead atoms. The zero-order valence-corrected chi connectivity index (χ0v) is 9.48. The Morgan fingerprint density at radius 3 is 2.62 bits per heavy atom. The zero-order chi connectivity index (χ0) is 12.1. The maximum atomic E-state index is 13.0. The summed E-state index contributed by atoms with van der Waals surface area (Å²) in [6.07, 6.45) is -0.737. The monoisotopic (exact) mass is 228 g/mol. The van der Waals surface area contributed by atoms with E-state index in [2.05, 4.69) is 0 Å². The minimum atomic E-state index is -0.727. The van der Waals surface area contributed by atoms with E-state index in [1.807, 2.05) is 6.92 Å². The number of ether oxygens (including phenoxy) is 1. The fourth-order valence-electron chi connectivity index (χ4n) is 1.28. The molecule has 0 fully saturated rings. The fourth-order valence-corrected chi connectivity index (χ4v) is 1.28. The SMILES string of the molecule is CCC(O)COc1cc(F)ccc1[C@H](C)O. The lowest BCUT2D eigenvalue weighted by atomic mass is 10.1. The summed E-state index contributed by atoms with van der Waals surface area (Å²) in [7, 11) is 0. The second-order valence-electron chi connectivity index (χ2n) is 3.73. The molecule has 2 atom stereocenters. The predicted octanol–water partition coefficient (Wildman–Crippen LogP) is 2.03. The van der Waals surface area contributed by atoms with Gasteiger partial charge in [-0.2, -0.15) is 0 Å². The van der Waals surface area contributed by atoms with E-state index in [4.69, 9.17) is 4.74 Å². The van der Waals surface area contributed by atoms with Crippen LogP contribution in [0.15, 0.2) is 18.2 Å². The summed E-state index contributed by atoms with van der Waals surface area (Å²) in [5, 5.41) is 18.8. The maximum absolute atomic E-state index is 13.0. The molecule has 1 rings (SSSR count). The summed E-state index contributed by atoms with van der Waals surface area (Å²) < 4.78 is 18.3. The number of hydrogen-bond acceptors (Lipinski definition) is 3. The van der Waals surface area contributed by atoms with Crippen molar-refractivity contribution in [1.82, 2.24) is 0 Å². The third-order valence-electron chi connectivity index (χ3n) is 2.33. The Morgan fingerprint density at radius 1 is 1.38 bits per heavy atom. The van der Waals surface area contributed by atoms with Crippen LogP contribution in [0.4, 0.5) is 4.39 Å². The number of benzene rings is 1. The van der Waals surface area contributed by atoms with Crippen molar-refractivity contribution in [3.63, 3.8) is 0 Å². The molecule has 0 heterocycles. The molecule has 0 aliphatic heterocycles. The first-order chi connectivity index (χ1) is 7.54. The average molecular weight is 228 g/mol. The number of aliphatic hydroxyl groups is 2. The lowest BCUT2D eigenvalue weighted by molar-refractivity contribution is 0.101. The van der Waals surface area contributed by atoms with Gasteiger partial charge in [-0.1, -0.05) is 6.92 Å². The minimum Gasteiger partial charge on any atom is -0.490 e. The molecule has 0 saturated carbocycles. The number of aliphatic hydroxyl groups excluding tert-OH is 2. The average Bonchev–Trinajstić information content (AvgIpc) is 2.25. The molecule has 2 N–H and O–H groups in total. The Labute approximate surface area is 94.5 Å². The standard InChI is InChI=1S/C12H17FO3/c1-3-10(15)7-16-12-6-9(13)4-5-11(12)8(2)14/h4-6,8,10,14-15H,3,7H2,1-2H3/t8-,10?/m0/s1. The van der Waals surface area contributed by atoms with E-state index in [0.29, 0.717) is 12.0 Å². The Hall–Kier alpha value is -1.13. The summed E-state index contributed by atoms with van der Waals surface area (Å²) in [5.41, 5.74) is 0.518. The van der Waals surface area contributed by atoms with Crippen LogP contribution in [0, 0.1) is 5.82 Å². The molecule has 1 aromatic rings. The van der Waals surface area contributed by atoms with Crippen LogP contribution in [-0.4, -0.2) is 22.9 Å². The number of hydrogen-bond donors (Lipinski definition) is 2. The van der Waals surface area contributed by atoms with Crippen LogP contribution in [0.5, 0.6) is 5.75 Å². The minimum absolute atomic E-state index is 0.0969. The molecule has 1 aromatic carbocycles. The van der Waals surface area contributed by atoms with Gasteiger partial charge in [0, 0.05) is 11.6 Å². The Morgan fingerprint density at radius 2 is 2.06 bits per heavy atom. The Bertz CT molecular complexity index is 339. The van der Waals surface area contributed by atoms with Gasteiger partial charge in [-0.3, -0.25) is 0 Å². The molecule has 0 aliphatic carbocycles. The smallest absolute Gasteiger partial charge is 0.128 e. The second kappa shape index (κ2) is 5.82. The van der Waals surface area contributed by atoms with E-state index < -0.39 is 18.0 Å². The van der Waals surface area contributed by atoms with Gasteiger partial charge >= 0.3 is 0 Å². The van der Waals surface area contributed by atoms with E-state index >= 15 is 0 Å². The van der Waals surface area contributed by atoms with E-state index in [9.17, 15) is 14.6 Å². The fraction of sp³-hybridized carbons (Fsp3) is 0.500. The van der Waals surface area contributed by atoms with Gasteiger partial charge in [0.15, 0.2) is 0 Å². The van der Waals surface area contributed by atoms with Crippen molar-refractivity contribution < 1.29 is 19.3 Å². The zero-order valence-electron chi connectivity index (χ0n) is 9.48. The van der Waals surface area contributed by atoms with Crippen LogP contribution in [0.1, 0.15) is 31.9 Å². The summed E-state index contributed by atoms with van der Waals surface area (Å²) in [4.78, 5) is 0. The lowest BCUT2D eigenvalue weighted by Crippen LogP contribution is -2.17. The molecule has 0 amide bonds. The first-order valence-electron chi connectivity index (χ1n) is 5.33. The van der Waals surface area contributed by atoms with Gasteiger partial charge in [-0.25, -0.2) is 4.39 Å². The molecule has 0 aromatic heterocycles. The molecule has 3 nitrogen and oxygen atoms in total. The highest BCUT2D eigenvalue weighted by Gasteiger charge is 2.11. The maximum Gasteiger partial charge on any atom is 0.128 e. The van der Waals surface area contributed by atoms with Crippen LogP contribution in [0.3, 0.4) is 0 Å². The quantitative estimate of drug-likeness (QED) is 0.810. The number of halogens is 1. The summed E-state index contributed by atoms with van der Waals surface area (Å²) in [5.74, 6) is -0.145. The molecule has 4 heteroatoms. The van der Waals surface area contributed by atoms with Gasteiger partial charge in [0.25, 0.3) is 0 Å². The molecule has 0 radical (unpaired) electrons. The highest BCUT2D eigenvalue weighted by molar-refractivity contribution is 5.35. The summed E-state index contributed by atoms with van der Waals surface area (Å²) in [6, 6.07) is 3.96. The Balaban J connectivity index is 2.80. The van der Waals surface area contributed by atoms with Gasteiger partial charge in [-0.05, 0) is 25.5 Å². The van der Waals surface area contributed by atoms with Crippen molar-refractivity contribution in [1.29, 1.82) is 0 Å². The van der Waals surface area contributed by atoms with Crippen LogP contribution >= 0.6 is 0 Å². The van der Waals surface area contributed by atoms with Crippen LogP contribution < -0.4 is 4.74 Å². The topological polar surface area (TPSA) is 49.7 Å². The van der Waals surface area contributed by atoms with E-state index in [-0.39, 0.29) is 12.4 Å². The van der Waals surface area contributed by atoms with Crippen molar-refractivity contribution in [2.24, 2.45) is 0 Å². The van der Waals surface area contributed by atoms with Crippen LogP contribution in [0.2, 0.25) is 0 Å².